The van der Waals surface area contributed by atoms with Gasteiger partial charge >= 0.3 is 0 Å². The van der Waals surface area contributed by atoms with Gasteiger partial charge in [-0.15, -0.1) is 0 Å². The average molecular weight is 697 g/mol. The normalized spacial score (nSPS) is 17.5. The predicted octanol–water partition coefficient (Wildman–Crippen LogP) is 5.87. The van der Waals surface area contributed by atoms with E-state index in [9.17, 15) is 22.0 Å². The number of carbonyl (C=O) groups excluding carboxylic acids is 1. The molecule has 0 unspecified atom stereocenters. The topological polar surface area (TPSA) is 86.7 Å². The average Bonchev–Trinajstić information content (AvgIpc) is 3.56. The summed E-state index contributed by atoms with van der Waals surface area (Å²) in [7, 11) is -3.94. The van der Waals surface area contributed by atoms with Gasteiger partial charge in [0.25, 0.3) is 0 Å². The maximum absolute atomic E-state index is 13.5. The molecule has 0 radical (unpaired) electrons. The molecule has 2 aliphatic heterocycles. The number of sulfonamides is 1. The molecule has 2 fully saturated rings. The Kier molecular flexibility index (Phi) is 9.25. The van der Waals surface area contributed by atoms with E-state index in [-0.39, 0.29) is 29.5 Å². The molecule has 0 saturated carbocycles. The number of carbonyl (C=O) groups is 1. The molecular formula is C33H32BrF2N5O3S. The SMILES string of the molecule is O=C(CCc1cc(-c2ccc(Br)cc2)nc(N2CCN(c3ccc(F)cc3)CC2)n1)[C@@H]1CCCN1S(=O)(=O)c1ccc(F)cc1. The largest absolute Gasteiger partial charge is 0.368 e. The second kappa shape index (κ2) is 13.3. The molecule has 8 nitrogen and oxygen atoms in total. The molecule has 0 amide bonds. The first kappa shape index (κ1) is 31.3. The van der Waals surface area contributed by atoms with Gasteiger partial charge in [-0.2, -0.15) is 4.31 Å². The molecule has 3 aromatic carbocycles. The fraction of sp³-hybridized carbons (Fsp3) is 0.303. The standard InChI is InChI=1S/C33H32BrF2N5O3S/c34-24-5-3-23(4-6-24)30-22-27(37-33(38-30)40-20-18-39(19-21-40)28-12-7-25(35)8-13-28)11-16-32(42)31-2-1-17-41(31)45(43,44)29-14-9-26(36)10-15-29/h3-10,12-15,22,31H,1-2,11,16-21H2/t31-/m0/s1. The maximum Gasteiger partial charge on any atom is 0.243 e. The molecule has 12 heteroatoms. The molecule has 0 spiro atoms. The van der Waals surface area contributed by atoms with Crippen LogP contribution in [0.3, 0.4) is 0 Å². The Hall–Kier alpha value is -3.74. The van der Waals surface area contributed by atoms with E-state index in [1.807, 2.05) is 30.3 Å². The van der Waals surface area contributed by atoms with Crippen molar-refractivity contribution in [3.8, 4) is 11.3 Å². The van der Waals surface area contributed by atoms with Crippen molar-refractivity contribution in [1.82, 2.24) is 14.3 Å². The fourth-order valence-electron chi connectivity index (χ4n) is 5.85. The van der Waals surface area contributed by atoms with Crippen molar-refractivity contribution in [2.75, 3.05) is 42.5 Å². The van der Waals surface area contributed by atoms with Crippen LogP contribution in [0.15, 0.2) is 88.2 Å². The molecule has 0 N–H and O–H groups in total. The zero-order chi connectivity index (χ0) is 31.6. The second-order valence-electron chi connectivity index (χ2n) is 11.2. The minimum absolute atomic E-state index is 0.0253. The summed E-state index contributed by atoms with van der Waals surface area (Å²) in [5.74, 6) is -0.393. The molecule has 1 atom stereocenters. The Labute approximate surface area is 269 Å². The highest BCUT2D eigenvalue weighted by Gasteiger charge is 2.39. The van der Waals surface area contributed by atoms with Crippen LogP contribution < -0.4 is 9.80 Å². The van der Waals surface area contributed by atoms with E-state index in [0.717, 1.165) is 33.6 Å². The summed E-state index contributed by atoms with van der Waals surface area (Å²) in [4.78, 5) is 27.5. The summed E-state index contributed by atoms with van der Waals surface area (Å²) in [5, 5.41) is 0. The Balaban J connectivity index is 1.19. The molecule has 6 rings (SSSR count). The number of anilines is 2. The van der Waals surface area contributed by atoms with Crippen LogP contribution >= 0.6 is 15.9 Å². The van der Waals surface area contributed by atoms with Crippen molar-refractivity contribution in [2.45, 2.75) is 36.6 Å². The van der Waals surface area contributed by atoms with Crippen LogP contribution in [0.4, 0.5) is 20.4 Å². The van der Waals surface area contributed by atoms with Crippen molar-refractivity contribution in [3.63, 3.8) is 0 Å². The number of benzene rings is 3. The van der Waals surface area contributed by atoms with E-state index in [2.05, 4.69) is 25.7 Å². The molecule has 45 heavy (non-hydrogen) atoms. The van der Waals surface area contributed by atoms with Gasteiger partial charge in [0.15, 0.2) is 5.78 Å². The lowest BCUT2D eigenvalue weighted by molar-refractivity contribution is -0.122. The number of halogens is 3. The zero-order valence-electron chi connectivity index (χ0n) is 24.4. The highest BCUT2D eigenvalue weighted by molar-refractivity contribution is 9.10. The van der Waals surface area contributed by atoms with Gasteiger partial charge in [-0.3, -0.25) is 4.79 Å². The Morgan fingerprint density at radius 1 is 0.822 bits per heavy atom. The van der Waals surface area contributed by atoms with Crippen molar-refractivity contribution < 1.29 is 22.0 Å². The highest BCUT2D eigenvalue weighted by atomic mass is 79.9. The number of aryl methyl sites for hydroxylation is 1. The maximum atomic E-state index is 13.5. The molecule has 2 saturated heterocycles. The third-order valence-electron chi connectivity index (χ3n) is 8.28. The number of rotatable bonds is 9. The summed E-state index contributed by atoms with van der Waals surface area (Å²) in [6.07, 6.45) is 1.46. The minimum Gasteiger partial charge on any atom is -0.368 e. The van der Waals surface area contributed by atoms with Crippen molar-refractivity contribution in [3.05, 3.63) is 101 Å². The monoisotopic (exact) mass is 695 g/mol. The third-order valence-corrected chi connectivity index (χ3v) is 10.7. The van der Waals surface area contributed by atoms with Crippen molar-refractivity contribution in [2.24, 2.45) is 0 Å². The van der Waals surface area contributed by atoms with Gasteiger partial charge in [0, 0.05) is 60.6 Å². The fourth-order valence-corrected chi connectivity index (χ4v) is 7.79. The summed E-state index contributed by atoms with van der Waals surface area (Å²) in [6, 6.07) is 20.1. The summed E-state index contributed by atoms with van der Waals surface area (Å²) < 4.78 is 55.7. The summed E-state index contributed by atoms with van der Waals surface area (Å²) in [6.45, 7) is 3.00. The lowest BCUT2D eigenvalue weighted by atomic mass is 10.0. The van der Waals surface area contributed by atoms with Gasteiger partial charge in [-0.25, -0.2) is 27.2 Å². The molecule has 1 aromatic heterocycles. The Morgan fingerprint density at radius 2 is 1.44 bits per heavy atom. The van der Waals surface area contributed by atoms with E-state index in [4.69, 9.17) is 9.97 Å². The van der Waals surface area contributed by atoms with Gasteiger partial charge in [0.1, 0.15) is 11.6 Å². The highest BCUT2D eigenvalue weighted by Crippen LogP contribution is 2.29. The second-order valence-corrected chi connectivity index (χ2v) is 14.0. The first-order valence-corrected chi connectivity index (χ1v) is 17.1. The quantitative estimate of drug-likeness (QED) is 0.217. The van der Waals surface area contributed by atoms with E-state index in [0.29, 0.717) is 57.1 Å². The number of hydrogen-bond donors (Lipinski definition) is 0. The third kappa shape index (κ3) is 7.08. The molecular weight excluding hydrogens is 664 g/mol. The molecule has 234 valence electrons. The van der Waals surface area contributed by atoms with E-state index < -0.39 is 21.9 Å². The van der Waals surface area contributed by atoms with E-state index in [1.165, 1.54) is 28.6 Å². The van der Waals surface area contributed by atoms with E-state index >= 15 is 0 Å². The lowest BCUT2D eigenvalue weighted by Crippen LogP contribution is -2.47. The molecule has 3 heterocycles. The van der Waals surface area contributed by atoms with Crippen LogP contribution in [-0.2, 0) is 21.2 Å². The van der Waals surface area contributed by atoms with Crippen LogP contribution in [0.2, 0.25) is 0 Å². The molecule has 0 aliphatic carbocycles. The molecule has 0 bridgehead atoms. The van der Waals surface area contributed by atoms with Crippen LogP contribution in [-0.4, -0.2) is 67.2 Å². The summed E-state index contributed by atoms with van der Waals surface area (Å²) >= 11 is 3.48. The van der Waals surface area contributed by atoms with Gasteiger partial charge in [0.2, 0.25) is 16.0 Å². The summed E-state index contributed by atoms with van der Waals surface area (Å²) in [5.41, 5.74) is 3.30. The van der Waals surface area contributed by atoms with Crippen LogP contribution in [0.1, 0.15) is 25.0 Å². The van der Waals surface area contributed by atoms with Crippen molar-refractivity contribution in [1.29, 1.82) is 0 Å². The van der Waals surface area contributed by atoms with Crippen LogP contribution in [0.25, 0.3) is 11.3 Å². The zero-order valence-corrected chi connectivity index (χ0v) is 26.9. The first-order chi connectivity index (χ1) is 21.7. The number of hydrogen-bond acceptors (Lipinski definition) is 7. The Bertz CT molecular complexity index is 1770. The molecule has 4 aromatic rings. The number of Topliss-reactive ketones (excluding diaryl/α,β-unsaturated/α-hetero) is 1. The smallest absolute Gasteiger partial charge is 0.243 e. The lowest BCUT2D eigenvalue weighted by Gasteiger charge is -2.36. The predicted molar refractivity (Wildman–Crippen MR) is 173 cm³/mol. The van der Waals surface area contributed by atoms with Crippen LogP contribution in [0.5, 0.6) is 0 Å². The Morgan fingerprint density at radius 3 is 2.11 bits per heavy atom. The van der Waals surface area contributed by atoms with Gasteiger partial charge < -0.3 is 9.80 Å². The number of piperazine rings is 1. The number of ketones is 1. The van der Waals surface area contributed by atoms with E-state index in [1.54, 1.807) is 12.1 Å². The molecule has 2 aliphatic rings. The van der Waals surface area contributed by atoms with Gasteiger partial charge in [-0.05, 0) is 86.0 Å². The van der Waals surface area contributed by atoms with Gasteiger partial charge in [-0.1, -0.05) is 28.1 Å². The number of nitrogens with zero attached hydrogens (tertiary/aromatic N) is 5. The van der Waals surface area contributed by atoms with Gasteiger partial charge in [0.05, 0.1) is 16.6 Å². The minimum atomic E-state index is -3.94. The first-order valence-electron chi connectivity index (χ1n) is 14.9. The number of aromatic nitrogens is 2. The van der Waals surface area contributed by atoms with Crippen LogP contribution in [0, 0.1) is 11.6 Å². The van der Waals surface area contributed by atoms with Crippen molar-refractivity contribution >= 4 is 43.4 Å².